The minimum Gasteiger partial charge on any atom is -0.477 e. The summed E-state index contributed by atoms with van der Waals surface area (Å²) < 4.78 is 109. The molecule has 9 nitrogen and oxygen atoms in total. The van der Waals surface area contributed by atoms with Crippen LogP contribution >= 0.6 is 0 Å². The van der Waals surface area contributed by atoms with E-state index in [4.69, 9.17) is 10.8 Å². The van der Waals surface area contributed by atoms with E-state index in [0.717, 1.165) is 17.0 Å². The number of hydrogen-bond donors (Lipinski definition) is 3. The lowest BCUT2D eigenvalue weighted by atomic mass is 10.1. The van der Waals surface area contributed by atoms with E-state index in [1.807, 2.05) is 0 Å². The average Bonchev–Trinajstić information content (AvgIpc) is 2.35. The Morgan fingerprint density at radius 2 is 1.36 bits per heavy atom. The van der Waals surface area contributed by atoms with Gasteiger partial charge in [0.1, 0.15) is 0 Å². The summed E-state index contributed by atoms with van der Waals surface area (Å²) >= 11 is 0. The molecular weight excluding hydrogens is 412 g/mol. The first-order chi connectivity index (χ1) is 10.9. The summed E-state index contributed by atoms with van der Waals surface area (Å²) in [5, 5.41) is 8.39. The number of carbonyl (C=O) groups is 1. The van der Waals surface area contributed by atoms with Crippen molar-refractivity contribution in [2.75, 3.05) is 6.54 Å². The molecule has 0 aromatic heterocycles. The Morgan fingerprint density at radius 3 is 1.60 bits per heavy atom. The van der Waals surface area contributed by atoms with Crippen molar-refractivity contribution in [1.82, 2.24) is 0 Å². The monoisotopic (exact) mass is 427 g/mol. The molecule has 0 radical (unpaired) electrons. The third-order valence-electron chi connectivity index (χ3n) is 2.14. The van der Waals surface area contributed by atoms with Gasteiger partial charge in [0.05, 0.1) is 0 Å². The van der Waals surface area contributed by atoms with Crippen LogP contribution in [0.1, 0.15) is 19.3 Å². The third-order valence-corrected chi connectivity index (χ3v) is 4.88. The molecule has 0 heterocycles. The highest BCUT2D eigenvalue weighted by atomic mass is 32.3. The van der Waals surface area contributed by atoms with Crippen molar-refractivity contribution < 1.29 is 58.8 Å². The SMILES string of the molecule is NCCCC[C@H]([NH3+])C(=O)O.O=S(=O)([N-]S(=O)(=O)C(F)(F)F)C(F)(F)F. The van der Waals surface area contributed by atoms with Crippen molar-refractivity contribution >= 4 is 26.0 Å². The topological polar surface area (TPSA) is 173 Å². The van der Waals surface area contributed by atoms with Gasteiger partial charge >= 0.3 is 17.0 Å². The fourth-order valence-electron chi connectivity index (χ4n) is 0.872. The van der Waals surface area contributed by atoms with Gasteiger partial charge in [-0.25, -0.2) is 21.6 Å². The van der Waals surface area contributed by atoms with E-state index in [0.29, 0.717) is 13.0 Å². The van der Waals surface area contributed by atoms with E-state index in [2.05, 4.69) is 5.73 Å². The van der Waals surface area contributed by atoms with E-state index in [-0.39, 0.29) is 0 Å². The van der Waals surface area contributed by atoms with E-state index in [1.54, 1.807) is 0 Å². The molecule has 0 aliphatic rings. The molecule has 0 aromatic carbocycles. The highest BCUT2D eigenvalue weighted by molar-refractivity contribution is 8.13. The zero-order valence-electron chi connectivity index (χ0n) is 12.2. The fourth-order valence-corrected chi connectivity index (χ4v) is 2.58. The molecule has 0 saturated carbocycles. The maximum atomic E-state index is 11.4. The zero-order chi connectivity index (χ0) is 20.7. The summed E-state index contributed by atoms with van der Waals surface area (Å²) in [5.74, 6) is -0.822. The van der Waals surface area contributed by atoms with Crippen LogP contribution in [0.2, 0.25) is 0 Å². The van der Waals surface area contributed by atoms with Crippen LogP contribution in [0.5, 0.6) is 0 Å². The van der Waals surface area contributed by atoms with Crippen LogP contribution in [0.3, 0.4) is 0 Å². The molecule has 1 atom stereocenters. The van der Waals surface area contributed by atoms with Crippen molar-refractivity contribution in [2.24, 2.45) is 5.73 Å². The number of nitrogens with zero attached hydrogens (tertiary/aromatic N) is 1. The molecule has 0 aromatic rings. The van der Waals surface area contributed by atoms with Gasteiger partial charge in [0.15, 0.2) is 26.1 Å². The van der Waals surface area contributed by atoms with Crippen LogP contribution in [0.4, 0.5) is 26.3 Å². The van der Waals surface area contributed by atoms with Gasteiger partial charge in [0.2, 0.25) is 0 Å². The second-order valence-corrected chi connectivity index (χ2v) is 7.66. The normalized spacial score (nSPS) is 14.4. The number of halogens is 6. The van der Waals surface area contributed by atoms with Gasteiger partial charge < -0.3 is 20.7 Å². The van der Waals surface area contributed by atoms with Crippen molar-refractivity contribution in [3.05, 3.63) is 4.13 Å². The summed E-state index contributed by atoms with van der Waals surface area (Å²) in [6.07, 6.45) is 2.38. The van der Waals surface area contributed by atoms with Crippen LogP contribution < -0.4 is 11.5 Å². The van der Waals surface area contributed by atoms with Gasteiger partial charge in [-0.2, -0.15) is 26.3 Å². The summed E-state index contributed by atoms with van der Waals surface area (Å²) in [7, 11) is -13.4. The van der Waals surface area contributed by atoms with Crippen molar-refractivity contribution in [3.63, 3.8) is 0 Å². The molecule has 0 fully saturated rings. The summed E-state index contributed by atoms with van der Waals surface area (Å²) in [6, 6.07) is -0.466. The van der Waals surface area contributed by atoms with Crippen LogP contribution in [-0.2, 0) is 24.8 Å². The highest BCUT2D eigenvalue weighted by Gasteiger charge is 2.46. The Hall–Kier alpha value is -1.17. The number of unbranched alkanes of at least 4 members (excludes halogenated alkanes) is 1. The lowest BCUT2D eigenvalue weighted by Crippen LogP contribution is -2.64. The molecule has 0 rings (SSSR count). The molecule has 0 aliphatic carbocycles. The molecule has 0 unspecified atom stereocenters. The molecule has 0 saturated heterocycles. The number of alkyl halides is 6. The van der Waals surface area contributed by atoms with Crippen molar-refractivity contribution in [2.45, 2.75) is 36.3 Å². The van der Waals surface area contributed by atoms with E-state index < -0.39 is 43.1 Å². The number of nitrogens with two attached hydrogens (primary N) is 1. The van der Waals surface area contributed by atoms with Gasteiger partial charge in [-0.3, -0.25) is 0 Å². The lowest BCUT2D eigenvalue weighted by molar-refractivity contribution is -0.409. The molecule has 0 amide bonds. The number of rotatable bonds is 7. The number of sulfonamides is 2. The van der Waals surface area contributed by atoms with Crippen LogP contribution in [0.25, 0.3) is 4.13 Å². The molecule has 0 aliphatic heterocycles. The zero-order valence-corrected chi connectivity index (χ0v) is 13.8. The Kier molecular flexibility index (Phi) is 9.91. The van der Waals surface area contributed by atoms with Crippen molar-refractivity contribution in [3.8, 4) is 0 Å². The fraction of sp³-hybridized carbons (Fsp3) is 0.875. The van der Waals surface area contributed by atoms with Gasteiger partial charge in [-0.15, -0.1) is 0 Å². The van der Waals surface area contributed by atoms with Gasteiger partial charge in [-0.05, 0) is 19.4 Å². The molecule has 17 heteroatoms. The minimum absolute atomic E-state index is 0.466. The van der Waals surface area contributed by atoms with Crippen LogP contribution in [0, 0.1) is 0 Å². The number of quaternary nitrogens is 1. The van der Waals surface area contributed by atoms with Crippen molar-refractivity contribution in [1.29, 1.82) is 0 Å². The first-order valence-corrected chi connectivity index (χ1v) is 8.90. The molecular formula is C8H15F6N3O6S2. The van der Waals surface area contributed by atoms with Gasteiger partial charge in [-0.1, -0.05) is 0 Å². The van der Waals surface area contributed by atoms with E-state index in [1.165, 1.54) is 0 Å². The Labute approximate surface area is 138 Å². The maximum Gasteiger partial charge on any atom is 0.480 e. The maximum absolute atomic E-state index is 11.4. The second-order valence-electron chi connectivity index (χ2n) is 4.24. The highest BCUT2D eigenvalue weighted by Crippen LogP contribution is 2.36. The quantitative estimate of drug-likeness (QED) is 0.375. The van der Waals surface area contributed by atoms with Gasteiger partial charge in [0.25, 0.3) is 0 Å². The Bertz CT molecular complexity index is 588. The largest absolute Gasteiger partial charge is 0.480 e. The number of aliphatic carboxylic acids is 1. The number of carboxylic acid groups (broad SMARTS) is 1. The predicted octanol–water partition coefficient (Wildman–Crippen LogP) is -0.130. The molecule has 0 bridgehead atoms. The Morgan fingerprint density at radius 1 is 1.00 bits per heavy atom. The lowest BCUT2D eigenvalue weighted by Gasteiger charge is -2.22. The number of hydrogen-bond acceptors (Lipinski definition) is 6. The smallest absolute Gasteiger partial charge is 0.477 e. The summed E-state index contributed by atoms with van der Waals surface area (Å²) in [4.78, 5) is 10.2. The molecule has 25 heavy (non-hydrogen) atoms. The standard InChI is InChI=1S/C6H14N2O2.C2F6NO4S2/c7-4-2-1-3-5(8)6(9)10;3-1(4,5)14(10,11)9-15(12,13)2(6,7)8/h5H,1-4,7-8H2,(H,9,10);/q;-1/p+1/t5-;/m0./s1. The molecule has 6 N–H and O–H groups in total. The van der Waals surface area contributed by atoms with Crippen LogP contribution in [-0.4, -0.2) is 51.5 Å². The van der Waals surface area contributed by atoms with E-state index >= 15 is 0 Å². The van der Waals surface area contributed by atoms with Crippen LogP contribution in [0.15, 0.2) is 0 Å². The average molecular weight is 427 g/mol. The third kappa shape index (κ3) is 9.78. The predicted molar refractivity (Wildman–Crippen MR) is 70.5 cm³/mol. The second kappa shape index (κ2) is 9.51. The molecule has 152 valence electrons. The first kappa shape index (κ1) is 26.1. The molecule has 0 spiro atoms. The first-order valence-electron chi connectivity index (χ1n) is 6.02. The number of carboxylic acids is 1. The Balaban J connectivity index is 0. The summed E-state index contributed by atoms with van der Waals surface area (Å²) in [6.45, 7) is 0.631. The minimum atomic E-state index is -6.72. The van der Waals surface area contributed by atoms with Gasteiger partial charge in [0, 0.05) is 6.42 Å². The summed E-state index contributed by atoms with van der Waals surface area (Å²) in [5.41, 5.74) is -3.71. The van der Waals surface area contributed by atoms with E-state index in [9.17, 15) is 48.0 Å².